The Hall–Kier alpha value is -3.35. The lowest BCUT2D eigenvalue weighted by Crippen LogP contribution is -2.43. The van der Waals surface area contributed by atoms with Crippen LogP contribution in [0.2, 0.25) is 0 Å². The zero-order chi connectivity index (χ0) is 19.4. The summed E-state index contributed by atoms with van der Waals surface area (Å²) in [5.41, 5.74) is 0.293. The van der Waals surface area contributed by atoms with Crippen LogP contribution in [0.5, 0.6) is 5.75 Å². The average molecular weight is 367 g/mol. The first-order valence-corrected chi connectivity index (χ1v) is 8.54. The molecule has 7 nitrogen and oxygen atoms in total. The van der Waals surface area contributed by atoms with Crippen molar-refractivity contribution in [1.29, 1.82) is 0 Å². The lowest BCUT2D eigenvalue weighted by atomic mass is 9.92. The van der Waals surface area contributed by atoms with E-state index in [0.717, 1.165) is 10.5 Å². The van der Waals surface area contributed by atoms with E-state index in [1.165, 1.54) is 0 Å². The van der Waals surface area contributed by atoms with Gasteiger partial charge in [-0.25, -0.2) is 4.79 Å². The molecule has 0 unspecified atom stereocenters. The first-order valence-electron chi connectivity index (χ1n) is 8.54. The van der Waals surface area contributed by atoms with Gasteiger partial charge in [-0.1, -0.05) is 48.5 Å². The van der Waals surface area contributed by atoms with Gasteiger partial charge in [-0.05, 0) is 18.6 Å². The van der Waals surface area contributed by atoms with Crippen molar-refractivity contribution in [3.8, 4) is 5.75 Å². The number of rotatable bonds is 6. The Labute approximate surface area is 157 Å². The summed E-state index contributed by atoms with van der Waals surface area (Å²) in [7, 11) is 1.55. The zero-order valence-electron chi connectivity index (χ0n) is 15.2. The van der Waals surface area contributed by atoms with Crippen LogP contribution in [-0.2, 0) is 21.7 Å². The average Bonchev–Trinajstić information content (AvgIpc) is 2.91. The molecular formula is C20H21N3O4. The van der Waals surface area contributed by atoms with Crippen LogP contribution in [0.1, 0.15) is 18.1 Å². The van der Waals surface area contributed by atoms with Gasteiger partial charge in [-0.15, -0.1) is 0 Å². The van der Waals surface area contributed by atoms with Crippen molar-refractivity contribution in [2.24, 2.45) is 0 Å². The van der Waals surface area contributed by atoms with Gasteiger partial charge >= 0.3 is 6.03 Å². The summed E-state index contributed by atoms with van der Waals surface area (Å²) in [4.78, 5) is 38.3. The molecule has 1 heterocycles. The molecule has 1 aliphatic heterocycles. The van der Waals surface area contributed by atoms with Gasteiger partial charge in [0.15, 0.2) is 0 Å². The highest BCUT2D eigenvalue weighted by molar-refractivity contribution is 6.09. The minimum atomic E-state index is -1.18. The molecule has 0 saturated carbocycles. The van der Waals surface area contributed by atoms with E-state index in [4.69, 9.17) is 4.74 Å². The number of carbonyl (C=O) groups excluding carboxylic acids is 3. The van der Waals surface area contributed by atoms with E-state index >= 15 is 0 Å². The van der Waals surface area contributed by atoms with Gasteiger partial charge < -0.3 is 15.4 Å². The Bertz CT molecular complexity index is 869. The maximum absolute atomic E-state index is 12.8. The standard InChI is InChI=1S/C20H21N3O4/c1-20(15-9-4-3-5-10-15)18(25)23(19(26)22-20)13-17(24)21-12-14-8-6-7-11-16(14)27-2/h3-11H,12-13H2,1-2H3,(H,21,24)(H,22,26)/t20-/m1/s1. The number of methoxy groups -OCH3 is 1. The van der Waals surface area contributed by atoms with Gasteiger partial charge in [0.1, 0.15) is 17.8 Å². The van der Waals surface area contributed by atoms with Crippen molar-refractivity contribution in [2.75, 3.05) is 13.7 Å². The van der Waals surface area contributed by atoms with Gasteiger partial charge in [-0.3, -0.25) is 14.5 Å². The van der Waals surface area contributed by atoms with E-state index in [9.17, 15) is 14.4 Å². The molecule has 1 fully saturated rings. The van der Waals surface area contributed by atoms with E-state index < -0.39 is 23.4 Å². The SMILES string of the molecule is COc1ccccc1CNC(=O)CN1C(=O)N[C@](C)(c2ccccc2)C1=O. The highest BCUT2D eigenvalue weighted by atomic mass is 16.5. The fourth-order valence-electron chi connectivity index (χ4n) is 3.05. The van der Waals surface area contributed by atoms with Crippen molar-refractivity contribution in [3.63, 3.8) is 0 Å². The number of para-hydroxylation sites is 1. The molecule has 3 rings (SSSR count). The number of ether oxygens (including phenoxy) is 1. The number of carbonyl (C=O) groups is 3. The molecular weight excluding hydrogens is 346 g/mol. The second-order valence-electron chi connectivity index (χ2n) is 6.40. The van der Waals surface area contributed by atoms with Crippen LogP contribution in [0.3, 0.4) is 0 Å². The molecule has 7 heteroatoms. The highest BCUT2D eigenvalue weighted by Gasteiger charge is 2.49. The molecule has 1 saturated heterocycles. The molecule has 1 atom stereocenters. The molecule has 0 radical (unpaired) electrons. The Morgan fingerprint density at radius 1 is 1.11 bits per heavy atom. The van der Waals surface area contributed by atoms with Gasteiger partial charge in [0.05, 0.1) is 7.11 Å². The molecule has 1 aliphatic rings. The van der Waals surface area contributed by atoms with Crippen molar-refractivity contribution in [2.45, 2.75) is 19.0 Å². The number of hydrogen-bond acceptors (Lipinski definition) is 4. The molecule has 2 N–H and O–H groups in total. The van der Waals surface area contributed by atoms with Gasteiger partial charge in [0.2, 0.25) is 5.91 Å². The number of benzene rings is 2. The van der Waals surface area contributed by atoms with Gasteiger partial charge in [0, 0.05) is 12.1 Å². The summed E-state index contributed by atoms with van der Waals surface area (Å²) in [5, 5.41) is 5.40. The van der Waals surface area contributed by atoms with Gasteiger partial charge in [-0.2, -0.15) is 0 Å². The van der Waals surface area contributed by atoms with Crippen LogP contribution in [0.25, 0.3) is 0 Å². The third-order valence-electron chi connectivity index (χ3n) is 4.60. The number of imide groups is 1. The maximum Gasteiger partial charge on any atom is 0.325 e. The van der Waals surface area contributed by atoms with Crippen LogP contribution < -0.4 is 15.4 Å². The molecule has 2 aromatic rings. The number of nitrogens with one attached hydrogen (secondary N) is 2. The normalized spacial score (nSPS) is 19.0. The Balaban J connectivity index is 1.66. The second-order valence-corrected chi connectivity index (χ2v) is 6.40. The molecule has 140 valence electrons. The lowest BCUT2D eigenvalue weighted by Gasteiger charge is -2.22. The van der Waals surface area contributed by atoms with E-state index in [1.54, 1.807) is 44.4 Å². The van der Waals surface area contributed by atoms with Crippen LogP contribution in [0, 0.1) is 0 Å². The monoisotopic (exact) mass is 367 g/mol. The van der Waals surface area contributed by atoms with Crippen molar-refractivity contribution in [3.05, 3.63) is 65.7 Å². The number of urea groups is 1. The minimum absolute atomic E-state index is 0.239. The van der Waals surface area contributed by atoms with E-state index in [-0.39, 0.29) is 13.1 Å². The fraction of sp³-hybridized carbons (Fsp3) is 0.250. The summed E-state index contributed by atoms with van der Waals surface area (Å²) in [6, 6.07) is 15.7. The molecule has 0 spiro atoms. The van der Waals surface area contributed by atoms with Crippen LogP contribution in [0.4, 0.5) is 4.79 Å². The Kier molecular flexibility index (Phi) is 5.12. The Morgan fingerprint density at radius 2 is 1.78 bits per heavy atom. The van der Waals surface area contributed by atoms with Crippen LogP contribution in [-0.4, -0.2) is 36.4 Å². The molecule has 0 bridgehead atoms. The van der Waals surface area contributed by atoms with Crippen LogP contribution in [0.15, 0.2) is 54.6 Å². The predicted molar refractivity (Wildman–Crippen MR) is 98.9 cm³/mol. The maximum atomic E-state index is 12.8. The van der Waals surface area contributed by atoms with E-state index in [0.29, 0.717) is 11.3 Å². The number of nitrogens with zero attached hydrogens (tertiary/aromatic N) is 1. The summed E-state index contributed by atoms with van der Waals surface area (Å²) in [6.07, 6.45) is 0. The molecule has 0 aliphatic carbocycles. The number of hydrogen-bond donors (Lipinski definition) is 2. The second kappa shape index (κ2) is 7.49. The van der Waals surface area contributed by atoms with Crippen molar-refractivity contribution >= 4 is 17.8 Å². The minimum Gasteiger partial charge on any atom is -0.496 e. The third-order valence-corrected chi connectivity index (χ3v) is 4.60. The molecule has 0 aromatic heterocycles. The van der Waals surface area contributed by atoms with E-state index in [2.05, 4.69) is 10.6 Å². The predicted octanol–water partition coefficient (Wildman–Crippen LogP) is 1.78. The van der Waals surface area contributed by atoms with Crippen LogP contribution >= 0.6 is 0 Å². The number of amides is 4. The summed E-state index contributed by atoms with van der Waals surface area (Å²) in [6.45, 7) is 1.53. The lowest BCUT2D eigenvalue weighted by molar-refractivity contribution is -0.134. The summed E-state index contributed by atoms with van der Waals surface area (Å²) >= 11 is 0. The highest BCUT2D eigenvalue weighted by Crippen LogP contribution is 2.28. The largest absolute Gasteiger partial charge is 0.496 e. The van der Waals surface area contributed by atoms with Crippen molar-refractivity contribution < 1.29 is 19.1 Å². The zero-order valence-corrected chi connectivity index (χ0v) is 15.2. The molecule has 27 heavy (non-hydrogen) atoms. The third kappa shape index (κ3) is 3.62. The summed E-state index contributed by atoms with van der Waals surface area (Å²) < 4.78 is 5.24. The molecule has 2 aromatic carbocycles. The van der Waals surface area contributed by atoms with E-state index in [1.807, 2.05) is 24.3 Å². The topological polar surface area (TPSA) is 87.7 Å². The molecule has 4 amide bonds. The smallest absolute Gasteiger partial charge is 0.325 e. The fourth-order valence-corrected chi connectivity index (χ4v) is 3.05. The quantitative estimate of drug-likeness (QED) is 0.762. The first kappa shape index (κ1) is 18.4. The van der Waals surface area contributed by atoms with Gasteiger partial charge in [0.25, 0.3) is 5.91 Å². The Morgan fingerprint density at radius 3 is 2.48 bits per heavy atom. The first-order chi connectivity index (χ1) is 13.0. The summed E-state index contributed by atoms with van der Waals surface area (Å²) in [5.74, 6) is -0.225. The van der Waals surface area contributed by atoms with Crippen molar-refractivity contribution in [1.82, 2.24) is 15.5 Å².